The van der Waals surface area contributed by atoms with Crippen LogP contribution in [0.2, 0.25) is 0 Å². The van der Waals surface area contributed by atoms with Crippen molar-refractivity contribution < 1.29 is 4.39 Å². The maximum absolute atomic E-state index is 13.5. The van der Waals surface area contributed by atoms with Crippen molar-refractivity contribution in [3.63, 3.8) is 0 Å². The van der Waals surface area contributed by atoms with Gasteiger partial charge in [-0.2, -0.15) is 0 Å². The molecule has 0 atom stereocenters. The summed E-state index contributed by atoms with van der Waals surface area (Å²) in [5.41, 5.74) is 3.46. The van der Waals surface area contributed by atoms with Gasteiger partial charge in [-0.15, -0.1) is 0 Å². The molecule has 1 saturated heterocycles. The third kappa shape index (κ3) is 5.19. The summed E-state index contributed by atoms with van der Waals surface area (Å²) in [5, 5.41) is 0. The second-order valence-electron chi connectivity index (χ2n) is 6.71. The molecule has 1 aromatic carbocycles. The van der Waals surface area contributed by atoms with Crippen molar-refractivity contribution in [1.29, 1.82) is 0 Å². The van der Waals surface area contributed by atoms with Gasteiger partial charge in [-0.25, -0.2) is 13.7 Å². The molecule has 0 saturated carbocycles. The van der Waals surface area contributed by atoms with Crippen molar-refractivity contribution in [2.45, 2.75) is 39.5 Å². The Hall–Kier alpha value is -1.59. The smallest absolute Gasteiger partial charge is 0.137 e. The molecule has 1 aliphatic rings. The number of aromatic nitrogens is 1. The maximum Gasteiger partial charge on any atom is 0.137 e. The number of anilines is 1. The third-order valence-electron chi connectivity index (χ3n) is 4.84. The number of hydrogen-bond donors (Lipinski definition) is 1. The predicted molar refractivity (Wildman–Crippen MR) is 104 cm³/mol. The molecule has 0 radical (unpaired) electrons. The molecule has 1 aromatic heterocycles. The molecule has 0 aliphatic carbocycles. The van der Waals surface area contributed by atoms with Gasteiger partial charge >= 0.3 is 0 Å². The molecule has 2 heterocycles. The van der Waals surface area contributed by atoms with E-state index in [1.807, 2.05) is 18.2 Å². The van der Waals surface area contributed by atoms with E-state index < -0.39 is 0 Å². The Kier molecular flexibility index (Phi) is 6.32. The normalized spacial score (nSPS) is 16.1. The standard InChI is InChI=1S/C20H26FN3S/c1-3-19-5-4-6-20(22-19)23-25-24-11-9-16(10-12-24)13-17-14-18(21)8-7-15(17)2/h4-8,14,16H,3,9-13H2,1-2H3,(H,22,23). The predicted octanol–water partition coefficient (Wildman–Crippen LogP) is 5.02. The number of nitrogens with zero attached hydrogens (tertiary/aromatic N) is 2. The molecule has 134 valence electrons. The molecule has 0 amide bonds. The molecular weight excluding hydrogens is 333 g/mol. The first-order valence-electron chi connectivity index (χ1n) is 9.03. The molecule has 1 aliphatic heterocycles. The molecule has 1 fully saturated rings. The van der Waals surface area contributed by atoms with E-state index in [1.54, 1.807) is 24.3 Å². The number of aryl methyl sites for hydroxylation is 2. The Labute approximate surface area is 154 Å². The van der Waals surface area contributed by atoms with Crippen molar-refractivity contribution in [3.8, 4) is 0 Å². The fourth-order valence-electron chi connectivity index (χ4n) is 3.22. The van der Waals surface area contributed by atoms with Crippen LogP contribution in [0, 0.1) is 18.7 Å². The van der Waals surface area contributed by atoms with E-state index in [0.29, 0.717) is 5.92 Å². The van der Waals surface area contributed by atoms with E-state index in [1.165, 1.54) is 5.56 Å². The van der Waals surface area contributed by atoms with Gasteiger partial charge in [0, 0.05) is 30.9 Å². The van der Waals surface area contributed by atoms with Crippen LogP contribution in [0.5, 0.6) is 0 Å². The van der Waals surface area contributed by atoms with Crippen LogP contribution in [0.15, 0.2) is 36.4 Å². The van der Waals surface area contributed by atoms with Crippen LogP contribution in [0.3, 0.4) is 0 Å². The van der Waals surface area contributed by atoms with Crippen molar-refractivity contribution in [1.82, 2.24) is 9.29 Å². The second kappa shape index (κ2) is 8.68. The van der Waals surface area contributed by atoms with Crippen LogP contribution in [-0.4, -0.2) is 22.4 Å². The highest BCUT2D eigenvalue weighted by atomic mass is 32.2. The van der Waals surface area contributed by atoms with Crippen LogP contribution in [0.25, 0.3) is 0 Å². The molecule has 3 rings (SSSR count). The van der Waals surface area contributed by atoms with E-state index in [-0.39, 0.29) is 5.82 Å². The number of piperidine rings is 1. The van der Waals surface area contributed by atoms with Crippen LogP contribution < -0.4 is 4.72 Å². The van der Waals surface area contributed by atoms with Crippen molar-refractivity contribution in [3.05, 3.63) is 59.0 Å². The topological polar surface area (TPSA) is 28.2 Å². The molecule has 25 heavy (non-hydrogen) atoms. The lowest BCUT2D eigenvalue weighted by Crippen LogP contribution is -2.30. The Bertz CT molecular complexity index is 699. The van der Waals surface area contributed by atoms with Gasteiger partial charge in [-0.3, -0.25) is 0 Å². The lowest BCUT2D eigenvalue weighted by Gasteiger charge is -2.31. The van der Waals surface area contributed by atoms with E-state index >= 15 is 0 Å². The molecule has 0 bridgehead atoms. The highest BCUT2D eigenvalue weighted by Gasteiger charge is 2.20. The van der Waals surface area contributed by atoms with Gasteiger partial charge in [0.25, 0.3) is 0 Å². The Morgan fingerprint density at radius 3 is 2.80 bits per heavy atom. The Morgan fingerprint density at radius 2 is 2.04 bits per heavy atom. The monoisotopic (exact) mass is 359 g/mol. The molecule has 1 N–H and O–H groups in total. The zero-order valence-corrected chi connectivity index (χ0v) is 15.8. The van der Waals surface area contributed by atoms with Gasteiger partial charge in [0.1, 0.15) is 11.6 Å². The van der Waals surface area contributed by atoms with E-state index in [0.717, 1.165) is 55.8 Å². The average molecular weight is 360 g/mol. The summed E-state index contributed by atoms with van der Waals surface area (Å²) < 4.78 is 19.2. The lowest BCUT2D eigenvalue weighted by molar-refractivity contribution is 0.290. The van der Waals surface area contributed by atoms with Crippen LogP contribution in [0.1, 0.15) is 36.6 Å². The number of benzene rings is 1. The van der Waals surface area contributed by atoms with Gasteiger partial charge in [0.05, 0.1) is 0 Å². The third-order valence-corrected chi connectivity index (χ3v) is 5.77. The molecular formula is C20H26FN3S. The van der Waals surface area contributed by atoms with E-state index in [4.69, 9.17) is 0 Å². The number of hydrogen-bond acceptors (Lipinski definition) is 4. The first-order chi connectivity index (χ1) is 12.1. The minimum atomic E-state index is -0.125. The van der Waals surface area contributed by atoms with Crippen LogP contribution >= 0.6 is 12.1 Å². The summed E-state index contributed by atoms with van der Waals surface area (Å²) in [6.45, 7) is 6.28. The van der Waals surface area contributed by atoms with Gasteiger partial charge in [0.2, 0.25) is 0 Å². The Morgan fingerprint density at radius 1 is 1.24 bits per heavy atom. The van der Waals surface area contributed by atoms with Crippen molar-refractivity contribution in [2.24, 2.45) is 5.92 Å². The van der Waals surface area contributed by atoms with Gasteiger partial charge in [-0.05, 0) is 73.9 Å². The molecule has 3 nitrogen and oxygen atoms in total. The summed E-state index contributed by atoms with van der Waals surface area (Å²) in [6, 6.07) is 11.2. The quantitative estimate of drug-likeness (QED) is 0.733. The average Bonchev–Trinajstić information content (AvgIpc) is 2.64. The number of rotatable bonds is 6. The van der Waals surface area contributed by atoms with E-state index in [9.17, 15) is 4.39 Å². The van der Waals surface area contributed by atoms with Crippen LogP contribution in [0.4, 0.5) is 10.2 Å². The van der Waals surface area contributed by atoms with Gasteiger partial charge < -0.3 is 4.72 Å². The Balaban J connectivity index is 1.46. The zero-order chi connectivity index (χ0) is 17.6. The van der Waals surface area contributed by atoms with E-state index in [2.05, 4.69) is 33.9 Å². The molecule has 0 spiro atoms. The highest BCUT2D eigenvalue weighted by Crippen LogP contribution is 2.27. The van der Waals surface area contributed by atoms with Crippen LogP contribution in [-0.2, 0) is 12.8 Å². The number of nitrogens with one attached hydrogen (secondary N) is 1. The fraction of sp³-hybridized carbons (Fsp3) is 0.450. The first-order valence-corrected chi connectivity index (χ1v) is 9.80. The van der Waals surface area contributed by atoms with Gasteiger partial charge in [-0.1, -0.05) is 19.1 Å². The van der Waals surface area contributed by atoms with Gasteiger partial charge in [0.15, 0.2) is 0 Å². The first kappa shape index (κ1) is 18.2. The highest BCUT2D eigenvalue weighted by molar-refractivity contribution is 7.98. The summed E-state index contributed by atoms with van der Waals surface area (Å²) in [6.07, 6.45) is 4.22. The molecule has 5 heteroatoms. The maximum atomic E-state index is 13.5. The molecule has 0 unspecified atom stereocenters. The van der Waals surface area contributed by atoms with Crippen molar-refractivity contribution in [2.75, 3.05) is 17.8 Å². The summed E-state index contributed by atoms with van der Waals surface area (Å²) in [4.78, 5) is 4.57. The lowest BCUT2D eigenvalue weighted by atomic mass is 9.89. The summed E-state index contributed by atoms with van der Waals surface area (Å²) in [5.74, 6) is 1.43. The minimum Gasteiger partial charge on any atom is -0.301 e. The summed E-state index contributed by atoms with van der Waals surface area (Å²) >= 11 is 1.64. The van der Waals surface area contributed by atoms with Crippen molar-refractivity contribution >= 4 is 18.0 Å². The molecule has 2 aromatic rings. The minimum absolute atomic E-state index is 0.125. The second-order valence-corrected chi connectivity index (χ2v) is 7.61. The zero-order valence-electron chi connectivity index (χ0n) is 15.0. The summed E-state index contributed by atoms with van der Waals surface area (Å²) in [7, 11) is 0. The SMILES string of the molecule is CCc1cccc(NSN2CCC(Cc3cc(F)ccc3C)CC2)n1. The number of halogens is 1. The largest absolute Gasteiger partial charge is 0.301 e. The number of pyridine rings is 1. The fourth-order valence-corrected chi connectivity index (χ4v) is 3.95.